The molecular formula is C51H47N3O. The number of hydrogen-bond acceptors (Lipinski definition) is 3. The number of pyridine rings is 1. The number of imidazole rings is 1. The predicted octanol–water partition coefficient (Wildman–Crippen LogP) is 13.3. The smallest absolute Gasteiger partial charge is 0.149 e. The lowest BCUT2D eigenvalue weighted by Gasteiger charge is -2.22. The van der Waals surface area contributed by atoms with Crippen molar-refractivity contribution in [3.8, 4) is 67.5 Å². The summed E-state index contributed by atoms with van der Waals surface area (Å²) in [4.78, 5) is 10.2. The van der Waals surface area contributed by atoms with Gasteiger partial charge >= 0.3 is 0 Å². The fourth-order valence-electron chi connectivity index (χ4n) is 7.46. The molecular weight excluding hydrogens is 671 g/mol. The quantitative estimate of drug-likeness (QED) is 0.170. The van der Waals surface area contributed by atoms with Crippen LogP contribution in [0.5, 0.6) is 5.75 Å². The van der Waals surface area contributed by atoms with Crippen molar-refractivity contribution in [2.24, 2.45) is 5.92 Å². The summed E-state index contributed by atoms with van der Waals surface area (Å²) in [5, 5.41) is 11.3. The molecule has 272 valence electrons. The minimum Gasteiger partial charge on any atom is -0.507 e. The molecule has 0 aliphatic rings. The van der Waals surface area contributed by atoms with Gasteiger partial charge in [0.1, 0.15) is 11.6 Å². The molecule has 4 heteroatoms. The van der Waals surface area contributed by atoms with Crippen molar-refractivity contribution >= 4 is 11.0 Å². The van der Waals surface area contributed by atoms with Gasteiger partial charge in [-0.3, -0.25) is 9.55 Å². The second-order valence-corrected chi connectivity index (χ2v) is 15.8. The summed E-state index contributed by atoms with van der Waals surface area (Å²) in [5.41, 5.74) is 14.0. The van der Waals surface area contributed by atoms with Crippen molar-refractivity contribution in [2.45, 2.75) is 53.3 Å². The van der Waals surface area contributed by atoms with Crippen LogP contribution in [0.25, 0.3) is 72.7 Å². The van der Waals surface area contributed by atoms with E-state index < -0.39 is 6.85 Å². The van der Waals surface area contributed by atoms with Crippen molar-refractivity contribution in [3.05, 3.63) is 168 Å². The number of phenolic OH excluding ortho intramolecular Hbond substituents is 1. The Bertz CT molecular complexity index is 2760. The van der Waals surface area contributed by atoms with Gasteiger partial charge in [0.15, 0.2) is 0 Å². The molecule has 8 aromatic rings. The first-order valence-electron chi connectivity index (χ1n) is 20.5. The van der Waals surface area contributed by atoms with Crippen LogP contribution in [0.2, 0.25) is 0 Å². The van der Waals surface area contributed by atoms with E-state index in [1.165, 1.54) is 16.7 Å². The van der Waals surface area contributed by atoms with Crippen LogP contribution in [-0.2, 0) is 11.8 Å². The normalized spacial score (nSPS) is 12.8. The Morgan fingerprint density at radius 1 is 0.655 bits per heavy atom. The monoisotopic (exact) mass is 720 g/mol. The molecule has 4 nitrogen and oxygen atoms in total. The molecule has 0 spiro atoms. The Labute approximate surface area is 329 Å². The van der Waals surface area contributed by atoms with Crippen molar-refractivity contribution in [2.75, 3.05) is 0 Å². The molecule has 1 N–H and O–H groups in total. The molecule has 0 amide bonds. The van der Waals surface area contributed by atoms with Crippen LogP contribution < -0.4 is 0 Å². The third-order valence-electron chi connectivity index (χ3n) is 10.3. The first-order valence-corrected chi connectivity index (χ1v) is 19.0. The van der Waals surface area contributed by atoms with E-state index in [4.69, 9.17) is 14.1 Å². The minimum absolute atomic E-state index is 0.167. The Balaban J connectivity index is 1.32. The van der Waals surface area contributed by atoms with Gasteiger partial charge in [0.05, 0.1) is 22.3 Å². The molecule has 0 saturated heterocycles. The van der Waals surface area contributed by atoms with Crippen LogP contribution in [-0.4, -0.2) is 19.6 Å². The third-order valence-corrected chi connectivity index (χ3v) is 10.3. The number of para-hydroxylation sites is 2. The van der Waals surface area contributed by atoms with Crippen LogP contribution in [0.15, 0.2) is 152 Å². The summed E-state index contributed by atoms with van der Waals surface area (Å²) in [5.74, 6) is 1.28. The summed E-state index contributed by atoms with van der Waals surface area (Å²) < 4.78 is 25.6. The number of phenols is 1. The lowest BCUT2D eigenvalue weighted by Crippen LogP contribution is -2.11. The molecule has 55 heavy (non-hydrogen) atoms. The van der Waals surface area contributed by atoms with E-state index >= 15 is 0 Å². The number of aromatic nitrogens is 3. The van der Waals surface area contributed by atoms with Crippen LogP contribution in [0, 0.1) is 12.8 Å². The number of rotatable bonds is 8. The summed E-state index contributed by atoms with van der Waals surface area (Å²) >= 11 is 0. The standard InChI is InChI=1S/C51H47N3O/c1-33(2)27-38-31-42(23-24-43(38)36-13-8-7-9-14-36)54-47-17-12-16-44(49(47)53-50(54)45-15-10-11-18-48(45)55)39-28-40(30-41(29-39)51(4,5)6)46-32-37(25-26-52-46)35-21-19-34(3)20-22-35/h7-26,28-33,55H,27H2,1-6H3/i3D3. The molecule has 0 bridgehead atoms. The Kier molecular flexibility index (Phi) is 8.50. The Morgan fingerprint density at radius 3 is 2.15 bits per heavy atom. The maximum Gasteiger partial charge on any atom is 0.149 e. The summed E-state index contributed by atoms with van der Waals surface area (Å²) in [6.07, 6.45) is 2.72. The zero-order chi connectivity index (χ0) is 40.8. The first-order chi connectivity index (χ1) is 27.7. The van der Waals surface area contributed by atoms with Gasteiger partial charge in [0.25, 0.3) is 0 Å². The van der Waals surface area contributed by atoms with Gasteiger partial charge in [0.2, 0.25) is 0 Å². The highest BCUT2D eigenvalue weighted by molar-refractivity contribution is 5.97. The second-order valence-electron chi connectivity index (χ2n) is 15.8. The highest BCUT2D eigenvalue weighted by Crippen LogP contribution is 2.41. The molecule has 2 heterocycles. The van der Waals surface area contributed by atoms with Crippen LogP contribution in [0.4, 0.5) is 0 Å². The van der Waals surface area contributed by atoms with Crippen LogP contribution >= 0.6 is 0 Å². The molecule has 0 saturated carbocycles. The minimum atomic E-state index is -2.16. The van der Waals surface area contributed by atoms with E-state index in [-0.39, 0.29) is 11.2 Å². The summed E-state index contributed by atoms with van der Waals surface area (Å²) in [6.45, 7) is 8.98. The highest BCUT2D eigenvalue weighted by Gasteiger charge is 2.23. The van der Waals surface area contributed by atoms with Gasteiger partial charge < -0.3 is 5.11 Å². The van der Waals surface area contributed by atoms with Gasteiger partial charge in [-0.15, -0.1) is 0 Å². The summed E-state index contributed by atoms with van der Waals surface area (Å²) in [6, 6.07) is 48.7. The van der Waals surface area contributed by atoms with E-state index in [9.17, 15) is 5.11 Å². The Morgan fingerprint density at radius 2 is 1.40 bits per heavy atom. The van der Waals surface area contributed by atoms with E-state index in [0.29, 0.717) is 22.9 Å². The highest BCUT2D eigenvalue weighted by atomic mass is 16.3. The molecule has 8 rings (SSSR count). The van der Waals surface area contributed by atoms with E-state index in [2.05, 4.69) is 124 Å². The lowest BCUT2D eigenvalue weighted by molar-refractivity contribution is 0.477. The van der Waals surface area contributed by atoms with E-state index in [1.807, 2.05) is 48.7 Å². The number of aromatic hydroxyl groups is 1. The Hall–Kier alpha value is -6.26. The zero-order valence-electron chi connectivity index (χ0n) is 35.0. The molecule has 0 aliphatic carbocycles. The number of hydrogen-bond donors (Lipinski definition) is 1. The molecule has 0 aliphatic heterocycles. The predicted molar refractivity (Wildman–Crippen MR) is 230 cm³/mol. The van der Waals surface area contributed by atoms with Crippen molar-refractivity contribution in [1.82, 2.24) is 14.5 Å². The SMILES string of the molecule is [2H]C([2H])([2H])c1ccc(-c2ccnc(-c3cc(-c4cccc5c4nc(-c4ccccc4O)n5-c4ccc(-c5ccccc5)c(CC(C)C)c4)cc(C(C)(C)C)c3)c2)cc1. The van der Waals surface area contributed by atoms with Gasteiger partial charge in [-0.1, -0.05) is 131 Å². The molecule has 2 aromatic heterocycles. The van der Waals surface area contributed by atoms with Crippen molar-refractivity contribution in [1.29, 1.82) is 0 Å². The van der Waals surface area contributed by atoms with Gasteiger partial charge in [-0.25, -0.2) is 4.98 Å². The second kappa shape index (κ2) is 14.5. The van der Waals surface area contributed by atoms with E-state index in [0.717, 1.165) is 62.2 Å². The molecule has 0 fully saturated rings. The molecule has 6 aromatic carbocycles. The van der Waals surface area contributed by atoms with Crippen LogP contribution in [0.3, 0.4) is 0 Å². The van der Waals surface area contributed by atoms with E-state index in [1.54, 1.807) is 18.2 Å². The molecule has 0 unspecified atom stereocenters. The van der Waals surface area contributed by atoms with Crippen LogP contribution in [0.1, 0.15) is 55.4 Å². The summed E-state index contributed by atoms with van der Waals surface area (Å²) in [7, 11) is 0. The van der Waals surface area contributed by atoms with Crippen molar-refractivity contribution < 1.29 is 9.22 Å². The van der Waals surface area contributed by atoms with Crippen molar-refractivity contribution in [3.63, 3.8) is 0 Å². The van der Waals surface area contributed by atoms with Gasteiger partial charge in [-0.2, -0.15) is 0 Å². The number of aryl methyl sites for hydroxylation is 1. The number of benzene rings is 6. The fraction of sp³-hybridized carbons (Fsp3) is 0.176. The topological polar surface area (TPSA) is 50.9 Å². The first kappa shape index (κ1) is 32.2. The third kappa shape index (κ3) is 7.20. The number of nitrogens with zero attached hydrogens (tertiary/aromatic N) is 3. The molecule has 0 atom stereocenters. The van der Waals surface area contributed by atoms with Gasteiger partial charge in [0, 0.05) is 27.1 Å². The number of fused-ring (bicyclic) bond motifs is 1. The lowest BCUT2D eigenvalue weighted by atomic mass is 9.83. The zero-order valence-corrected chi connectivity index (χ0v) is 32.0. The molecule has 0 radical (unpaired) electrons. The fourth-order valence-corrected chi connectivity index (χ4v) is 7.46. The largest absolute Gasteiger partial charge is 0.507 e. The maximum absolute atomic E-state index is 11.3. The average Bonchev–Trinajstić information content (AvgIpc) is 3.60. The average molecular weight is 721 g/mol. The van der Waals surface area contributed by atoms with Gasteiger partial charge in [-0.05, 0) is 118 Å². The maximum atomic E-state index is 11.3.